The third-order valence-corrected chi connectivity index (χ3v) is 4.20. The van der Waals surface area contributed by atoms with Gasteiger partial charge in [0.1, 0.15) is 0 Å². The predicted molar refractivity (Wildman–Crippen MR) is 93.3 cm³/mol. The van der Waals surface area contributed by atoms with Crippen LogP contribution in [0.3, 0.4) is 0 Å². The molecule has 0 saturated heterocycles. The first-order chi connectivity index (χ1) is 10.7. The second-order valence-electron chi connectivity index (χ2n) is 6.29. The molecule has 2 nitrogen and oxygen atoms in total. The molecule has 0 saturated carbocycles. The Morgan fingerprint density at radius 2 is 1.23 bits per heavy atom. The number of carboxylic acids is 1. The lowest BCUT2D eigenvalue weighted by molar-refractivity contribution is -0.137. The smallest absolute Gasteiger partial charge is 0.303 e. The van der Waals surface area contributed by atoms with Crippen LogP contribution in [0.15, 0.2) is 24.3 Å². The van der Waals surface area contributed by atoms with E-state index in [0.29, 0.717) is 0 Å². The van der Waals surface area contributed by atoms with Crippen LogP contribution in [0.5, 0.6) is 0 Å². The highest BCUT2D eigenvalue weighted by molar-refractivity contribution is 5.66. The highest BCUT2D eigenvalue weighted by Gasteiger charge is 1.99. The Hall–Kier alpha value is -1.31. The van der Waals surface area contributed by atoms with Gasteiger partial charge in [0.15, 0.2) is 0 Å². The minimum Gasteiger partial charge on any atom is -0.481 e. The average Bonchev–Trinajstić information content (AvgIpc) is 2.51. The van der Waals surface area contributed by atoms with Crippen LogP contribution in [-0.2, 0) is 17.6 Å². The zero-order valence-corrected chi connectivity index (χ0v) is 14.2. The molecule has 1 N–H and O–H groups in total. The molecule has 1 rings (SSSR count). The number of carbonyl (C=O) groups is 1. The normalized spacial score (nSPS) is 10.8. The van der Waals surface area contributed by atoms with Gasteiger partial charge in [0.05, 0.1) is 0 Å². The highest BCUT2D eigenvalue weighted by atomic mass is 16.4. The van der Waals surface area contributed by atoms with Crippen molar-refractivity contribution >= 4 is 5.97 Å². The van der Waals surface area contributed by atoms with Crippen molar-refractivity contribution in [3.8, 4) is 0 Å². The molecule has 0 aromatic heterocycles. The number of hydrogen-bond acceptors (Lipinski definition) is 1. The van der Waals surface area contributed by atoms with Gasteiger partial charge in [-0.3, -0.25) is 4.79 Å². The monoisotopic (exact) mass is 304 g/mol. The summed E-state index contributed by atoms with van der Waals surface area (Å²) < 4.78 is 0. The first kappa shape index (κ1) is 18.7. The summed E-state index contributed by atoms with van der Waals surface area (Å²) in [5.41, 5.74) is 2.66. The Morgan fingerprint density at radius 1 is 0.773 bits per heavy atom. The summed E-state index contributed by atoms with van der Waals surface area (Å²) in [6.07, 6.45) is 13.9. The summed E-state index contributed by atoms with van der Waals surface area (Å²) in [5, 5.41) is 8.64. The van der Waals surface area contributed by atoms with Gasteiger partial charge in [-0.25, -0.2) is 0 Å². The van der Waals surface area contributed by atoms with Crippen molar-refractivity contribution in [2.45, 2.75) is 84.0 Å². The number of carboxylic acid groups (broad SMARTS) is 1. The standard InChI is InChI=1S/C20H32O2/c1-2-3-4-5-6-7-8-9-11-18-14-16-19(17-15-18)12-10-13-20(21)22/h14-17H,2-13H2,1H3,(H,21,22). The van der Waals surface area contributed by atoms with Gasteiger partial charge < -0.3 is 5.11 Å². The van der Waals surface area contributed by atoms with E-state index in [-0.39, 0.29) is 6.42 Å². The van der Waals surface area contributed by atoms with Gasteiger partial charge in [-0.15, -0.1) is 0 Å². The molecule has 2 heteroatoms. The van der Waals surface area contributed by atoms with E-state index in [4.69, 9.17) is 5.11 Å². The summed E-state index contributed by atoms with van der Waals surface area (Å²) in [4.78, 5) is 10.5. The molecule has 1 aromatic rings. The van der Waals surface area contributed by atoms with Gasteiger partial charge in [-0.05, 0) is 36.8 Å². The summed E-state index contributed by atoms with van der Waals surface area (Å²) >= 11 is 0. The molecule has 0 fully saturated rings. The number of aliphatic carboxylic acids is 1. The Kier molecular flexibility index (Phi) is 10.4. The maximum atomic E-state index is 10.5. The van der Waals surface area contributed by atoms with Crippen LogP contribution >= 0.6 is 0 Å². The summed E-state index contributed by atoms with van der Waals surface area (Å²) in [6.45, 7) is 2.26. The van der Waals surface area contributed by atoms with Crippen LogP contribution in [0.2, 0.25) is 0 Å². The van der Waals surface area contributed by atoms with Gasteiger partial charge in [0, 0.05) is 6.42 Å². The van der Waals surface area contributed by atoms with E-state index < -0.39 is 5.97 Å². The van der Waals surface area contributed by atoms with Crippen LogP contribution < -0.4 is 0 Å². The summed E-state index contributed by atoms with van der Waals surface area (Å²) in [6, 6.07) is 8.72. The second kappa shape index (κ2) is 12.3. The van der Waals surface area contributed by atoms with E-state index in [9.17, 15) is 4.79 Å². The molecule has 0 spiro atoms. The van der Waals surface area contributed by atoms with Crippen LogP contribution in [0.4, 0.5) is 0 Å². The Morgan fingerprint density at radius 3 is 1.73 bits per heavy atom. The van der Waals surface area contributed by atoms with E-state index in [1.807, 2.05) is 0 Å². The van der Waals surface area contributed by atoms with Gasteiger partial charge in [-0.2, -0.15) is 0 Å². The lowest BCUT2D eigenvalue weighted by atomic mass is 10.0. The SMILES string of the molecule is CCCCCCCCCCc1ccc(CCCC(=O)O)cc1. The van der Waals surface area contributed by atoms with Crippen molar-refractivity contribution in [1.29, 1.82) is 0 Å². The molecular weight excluding hydrogens is 272 g/mol. The van der Waals surface area contributed by atoms with E-state index in [1.54, 1.807) is 0 Å². The second-order valence-corrected chi connectivity index (χ2v) is 6.29. The molecule has 0 radical (unpaired) electrons. The zero-order chi connectivity index (χ0) is 16.0. The van der Waals surface area contributed by atoms with Gasteiger partial charge in [0.25, 0.3) is 0 Å². The van der Waals surface area contributed by atoms with Gasteiger partial charge in [-0.1, -0.05) is 76.1 Å². The third kappa shape index (κ3) is 9.59. The number of aryl methyl sites for hydroxylation is 2. The summed E-state index contributed by atoms with van der Waals surface area (Å²) in [5.74, 6) is -0.702. The fourth-order valence-electron chi connectivity index (χ4n) is 2.78. The molecule has 0 aliphatic heterocycles. The number of unbranched alkanes of at least 4 members (excludes halogenated alkanes) is 7. The fraction of sp³-hybridized carbons (Fsp3) is 0.650. The van der Waals surface area contributed by atoms with Crippen molar-refractivity contribution in [1.82, 2.24) is 0 Å². The van der Waals surface area contributed by atoms with E-state index in [1.165, 1.54) is 68.9 Å². The van der Waals surface area contributed by atoms with Crippen LogP contribution in [0, 0.1) is 0 Å². The van der Waals surface area contributed by atoms with E-state index in [2.05, 4.69) is 31.2 Å². The summed E-state index contributed by atoms with van der Waals surface area (Å²) in [7, 11) is 0. The quantitative estimate of drug-likeness (QED) is 0.469. The van der Waals surface area contributed by atoms with Crippen LogP contribution in [-0.4, -0.2) is 11.1 Å². The van der Waals surface area contributed by atoms with Crippen molar-refractivity contribution in [2.24, 2.45) is 0 Å². The molecule has 124 valence electrons. The lowest BCUT2D eigenvalue weighted by Gasteiger charge is -2.05. The lowest BCUT2D eigenvalue weighted by Crippen LogP contribution is -1.96. The first-order valence-electron chi connectivity index (χ1n) is 9.02. The largest absolute Gasteiger partial charge is 0.481 e. The Bertz CT molecular complexity index is 395. The average molecular weight is 304 g/mol. The number of hydrogen-bond donors (Lipinski definition) is 1. The number of rotatable bonds is 13. The van der Waals surface area contributed by atoms with Gasteiger partial charge >= 0.3 is 5.97 Å². The molecule has 22 heavy (non-hydrogen) atoms. The minimum absolute atomic E-state index is 0.264. The van der Waals surface area contributed by atoms with Crippen molar-refractivity contribution in [3.63, 3.8) is 0 Å². The Balaban J connectivity index is 2.07. The predicted octanol–water partition coefficient (Wildman–Crippen LogP) is 5.78. The van der Waals surface area contributed by atoms with Crippen molar-refractivity contribution < 1.29 is 9.90 Å². The maximum absolute atomic E-state index is 10.5. The van der Waals surface area contributed by atoms with Crippen LogP contribution in [0.1, 0.15) is 82.3 Å². The van der Waals surface area contributed by atoms with Gasteiger partial charge in [0.2, 0.25) is 0 Å². The molecule has 0 heterocycles. The molecule has 1 aromatic carbocycles. The molecule has 0 aliphatic rings. The molecule has 0 bridgehead atoms. The first-order valence-corrected chi connectivity index (χ1v) is 9.02. The molecule has 0 atom stereocenters. The van der Waals surface area contributed by atoms with Crippen molar-refractivity contribution in [2.75, 3.05) is 0 Å². The zero-order valence-electron chi connectivity index (χ0n) is 14.2. The third-order valence-electron chi connectivity index (χ3n) is 4.20. The number of benzene rings is 1. The highest BCUT2D eigenvalue weighted by Crippen LogP contribution is 2.13. The minimum atomic E-state index is -0.702. The van der Waals surface area contributed by atoms with Crippen LogP contribution in [0.25, 0.3) is 0 Å². The Labute approximate surface area is 135 Å². The van der Waals surface area contributed by atoms with E-state index in [0.717, 1.165) is 12.8 Å². The molecule has 0 unspecified atom stereocenters. The van der Waals surface area contributed by atoms with E-state index >= 15 is 0 Å². The topological polar surface area (TPSA) is 37.3 Å². The molecular formula is C20H32O2. The maximum Gasteiger partial charge on any atom is 0.303 e. The fourth-order valence-corrected chi connectivity index (χ4v) is 2.78. The van der Waals surface area contributed by atoms with Crippen molar-refractivity contribution in [3.05, 3.63) is 35.4 Å². The molecule has 0 amide bonds. The molecule has 0 aliphatic carbocycles.